The topological polar surface area (TPSA) is 187 Å². The molecule has 3 aliphatic carbocycles. The van der Waals surface area contributed by atoms with Crippen molar-refractivity contribution in [1.82, 2.24) is 0 Å². The second-order valence-electron chi connectivity index (χ2n) is 15.9. The number of fused-ring (bicyclic) bond motifs is 4. The first-order valence-corrected chi connectivity index (χ1v) is 18.6. The van der Waals surface area contributed by atoms with Crippen LogP contribution in [0.1, 0.15) is 88.9 Å². The van der Waals surface area contributed by atoms with Gasteiger partial charge in [-0.2, -0.15) is 0 Å². The van der Waals surface area contributed by atoms with E-state index >= 15 is 0 Å². The number of aliphatic hydroxyl groups is 1. The van der Waals surface area contributed by atoms with Gasteiger partial charge < -0.3 is 38.3 Å². The maximum atomic E-state index is 14.5. The van der Waals surface area contributed by atoms with E-state index in [-0.39, 0.29) is 36.1 Å². The number of esters is 6. The Bertz CT molecular complexity index is 1930. The van der Waals surface area contributed by atoms with Gasteiger partial charge in [-0.25, -0.2) is 9.59 Å². The van der Waals surface area contributed by atoms with Gasteiger partial charge in [-0.15, -0.1) is 0 Å². The zero-order valence-electron chi connectivity index (χ0n) is 32.7. The summed E-state index contributed by atoms with van der Waals surface area (Å²) in [6.07, 6.45) is -8.24. The lowest BCUT2D eigenvalue weighted by atomic mass is 9.49. The van der Waals surface area contributed by atoms with E-state index in [0.29, 0.717) is 5.57 Å². The first-order chi connectivity index (χ1) is 26.3. The fraction of sp³-hybridized carbons (Fsp3) is 0.524. The summed E-state index contributed by atoms with van der Waals surface area (Å²) in [5, 5.41) is 12.8. The van der Waals surface area contributed by atoms with Gasteiger partial charge in [0, 0.05) is 40.5 Å². The molecule has 0 spiro atoms. The smallest absolute Gasteiger partial charge is 0.338 e. The fourth-order valence-electron chi connectivity index (χ4n) is 9.86. The number of benzene rings is 2. The second-order valence-corrected chi connectivity index (χ2v) is 15.9. The Hall–Kier alpha value is -5.08. The Morgan fingerprint density at radius 2 is 1.27 bits per heavy atom. The second kappa shape index (κ2) is 14.8. The van der Waals surface area contributed by atoms with E-state index in [1.165, 1.54) is 46.8 Å². The number of hydrogen-bond donors (Lipinski definition) is 1. The Labute approximate surface area is 324 Å². The Morgan fingerprint density at radius 3 is 1.73 bits per heavy atom. The number of ether oxygens (including phenoxy) is 7. The predicted octanol–water partition coefficient (Wildman–Crippen LogP) is 4.45. The molecule has 300 valence electrons. The zero-order chi connectivity index (χ0) is 41.0. The lowest BCUT2D eigenvalue weighted by Gasteiger charge is -2.65. The maximum absolute atomic E-state index is 14.5. The predicted molar refractivity (Wildman–Crippen MR) is 194 cm³/mol. The molecule has 0 amide bonds. The summed E-state index contributed by atoms with van der Waals surface area (Å²) >= 11 is 0. The van der Waals surface area contributed by atoms with Gasteiger partial charge in [0.1, 0.15) is 24.4 Å². The van der Waals surface area contributed by atoms with Crippen LogP contribution in [0.25, 0.3) is 0 Å². The Balaban J connectivity index is 1.77. The van der Waals surface area contributed by atoms with Crippen LogP contribution in [-0.2, 0) is 52.3 Å². The minimum atomic E-state index is -1.94. The molecule has 2 aromatic rings. The molecule has 56 heavy (non-hydrogen) atoms. The SMILES string of the molecule is CC(=O)O[C@H]1C[C@]2(C(C)(C)O)C(=C1C)[C@@H](OC(=O)c1ccccc1)[C@H](OC(C)=O)[C@@]1(C)[C@H](OC(C)=O)C[C@@H]3OC[C@@]3(OC(C)=O)[C@@H]1[C@H]2OC(=O)c1ccccc1. The van der Waals surface area contributed by atoms with Gasteiger partial charge in [-0.1, -0.05) is 43.3 Å². The summed E-state index contributed by atoms with van der Waals surface area (Å²) in [5.41, 5.74) is -6.40. The maximum Gasteiger partial charge on any atom is 0.338 e. The van der Waals surface area contributed by atoms with Crippen molar-refractivity contribution in [3.63, 3.8) is 0 Å². The van der Waals surface area contributed by atoms with Gasteiger partial charge >= 0.3 is 35.8 Å². The lowest BCUT2D eigenvalue weighted by molar-refractivity contribution is -0.352. The van der Waals surface area contributed by atoms with Crippen molar-refractivity contribution in [3.05, 3.63) is 82.9 Å². The number of carbonyl (C=O) groups is 6. The molecule has 4 aliphatic rings. The van der Waals surface area contributed by atoms with Crippen LogP contribution in [0, 0.1) is 16.7 Å². The number of rotatable bonds is 9. The average molecular weight is 777 g/mol. The summed E-state index contributed by atoms with van der Waals surface area (Å²) in [5.74, 6) is -5.89. The van der Waals surface area contributed by atoms with E-state index in [4.69, 9.17) is 33.2 Å². The van der Waals surface area contributed by atoms with Crippen molar-refractivity contribution in [2.75, 3.05) is 6.61 Å². The van der Waals surface area contributed by atoms with E-state index in [1.807, 2.05) is 0 Å². The standard InChI is InChI=1S/C42H48O14/c1-22-29(51-23(2)43)20-41(39(6,7)49)32(22)33(54-37(47)27-15-11-9-12-16-27)35(53-25(4)45)40(8)30(52-24(3)44)19-31-42(21-50-31,56-26(5)46)34(40)36(41)55-38(48)28-17-13-10-14-18-28/h9-18,29-31,33-36,49H,19-21H2,1-8H3/t29-,30+,31-,33+,34+,35-,36+,40-,41-,42-/m0/s1. The van der Waals surface area contributed by atoms with Gasteiger partial charge in [-0.05, 0) is 56.2 Å². The van der Waals surface area contributed by atoms with Gasteiger partial charge in [0.25, 0.3) is 0 Å². The van der Waals surface area contributed by atoms with Gasteiger partial charge in [0.05, 0.1) is 40.1 Å². The molecule has 0 aromatic heterocycles. The fourth-order valence-corrected chi connectivity index (χ4v) is 9.86. The van der Waals surface area contributed by atoms with Crippen LogP contribution in [0.4, 0.5) is 0 Å². The van der Waals surface area contributed by atoms with E-state index in [0.717, 1.165) is 6.92 Å². The number of hydrogen-bond acceptors (Lipinski definition) is 14. The molecule has 10 atom stereocenters. The number of carbonyl (C=O) groups excluding carboxylic acids is 6. The molecule has 0 unspecified atom stereocenters. The Kier molecular flexibility index (Phi) is 10.7. The third-order valence-electron chi connectivity index (χ3n) is 12.1. The molecular formula is C42H48O14. The molecular weight excluding hydrogens is 728 g/mol. The normalized spacial score (nSPS) is 33.2. The largest absolute Gasteiger partial charge is 0.462 e. The molecule has 6 rings (SSSR count). The molecule has 1 aliphatic heterocycles. The molecule has 0 bridgehead atoms. The van der Waals surface area contributed by atoms with Crippen LogP contribution in [0.3, 0.4) is 0 Å². The van der Waals surface area contributed by atoms with Crippen molar-refractivity contribution in [2.24, 2.45) is 16.7 Å². The van der Waals surface area contributed by atoms with Gasteiger partial charge in [0.15, 0.2) is 17.8 Å². The molecule has 1 heterocycles. The molecule has 2 aromatic carbocycles. The summed E-state index contributed by atoms with van der Waals surface area (Å²) in [6.45, 7) is 10.8. The highest BCUT2D eigenvalue weighted by molar-refractivity contribution is 5.90. The van der Waals surface area contributed by atoms with Crippen LogP contribution in [0.2, 0.25) is 0 Å². The highest BCUT2D eigenvalue weighted by atomic mass is 16.6. The lowest BCUT2D eigenvalue weighted by Crippen LogP contribution is -2.79. The summed E-state index contributed by atoms with van der Waals surface area (Å²) < 4.78 is 43.8. The quantitative estimate of drug-likeness (QED) is 0.214. The molecule has 0 radical (unpaired) electrons. The third kappa shape index (κ3) is 6.66. The van der Waals surface area contributed by atoms with Crippen LogP contribution in [0.5, 0.6) is 0 Å². The summed E-state index contributed by atoms with van der Waals surface area (Å²) in [4.78, 5) is 81.0. The van der Waals surface area contributed by atoms with Gasteiger partial charge in [-0.3, -0.25) is 19.2 Å². The Morgan fingerprint density at radius 1 is 0.732 bits per heavy atom. The monoisotopic (exact) mass is 776 g/mol. The van der Waals surface area contributed by atoms with E-state index in [2.05, 4.69) is 0 Å². The summed E-state index contributed by atoms with van der Waals surface area (Å²) in [6, 6.07) is 16.1. The van der Waals surface area contributed by atoms with Gasteiger partial charge in [0.2, 0.25) is 0 Å². The van der Waals surface area contributed by atoms with Crippen molar-refractivity contribution < 1.29 is 67.0 Å². The van der Waals surface area contributed by atoms with E-state index < -0.39 is 100 Å². The minimum absolute atomic E-state index is 0.0695. The van der Waals surface area contributed by atoms with Crippen molar-refractivity contribution in [2.45, 2.75) is 116 Å². The summed E-state index contributed by atoms with van der Waals surface area (Å²) in [7, 11) is 0. The van der Waals surface area contributed by atoms with Crippen LogP contribution in [-0.4, -0.2) is 95.4 Å². The molecule has 1 saturated heterocycles. The highest BCUT2D eigenvalue weighted by Gasteiger charge is 2.81. The first kappa shape index (κ1) is 40.6. The third-order valence-corrected chi connectivity index (χ3v) is 12.1. The average Bonchev–Trinajstić information content (AvgIpc) is 3.37. The van der Waals surface area contributed by atoms with E-state index in [1.54, 1.807) is 62.4 Å². The minimum Gasteiger partial charge on any atom is -0.462 e. The van der Waals surface area contributed by atoms with Crippen molar-refractivity contribution in [3.8, 4) is 0 Å². The van der Waals surface area contributed by atoms with E-state index in [9.17, 15) is 33.9 Å². The van der Waals surface area contributed by atoms with Crippen molar-refractivity contribution in [1.29, 1.82) is 0 Å². The molecule has 14 nitrogen and oxygen atoms in total. The molecule has 1 N–H and O–H groups in total. The zero-order valence-corrected chi connectivity index (χ0v) is 32.7. The molecule has 14 heteroatoms. The van der Waals surface area contributed by atoms with Crippen molar-refractivity contribution >= 4 is 35.8 Å². The molecule has 3 fully saturated rings. The highest BCUT2D eigenvalue weighted by Crippen LogP contribution is 2.69. The van der Waals surface area contributed by atoms with Crippen LogP contribution >= 0.6 is 0 Å². The van der Waals surface area contributed by atoms with Crippen LogP contribution in [0.15, 0.2) is 71.8 Å². The van der Waals surface area contributed by atoms with Crippen LogP contribution < -0.4 is 0 Å². The first-order valence-electron chi connectivity index (χ1n) is 18.6. The molecule has 2 saturated carbocycles.